The quantitative estimate of drug-likeness (QED) is 0.173. The number of piperidine rings is 1. The summed E-state index contributed by atoms with van der Waals surface area (Å²) >= 11 is 0. The number of likely N-dealkylation sites (N-methyl/N-ethyl adjacent to an activating group) is 1. The Labute approximate surface area is 338 Å². The molecule has 0 aromatic heterocycles. The first-order chi connectivity index (χ1) is 28.0. The number of anilines is 1. The minimum Gasteiger partial charge on any atom is -0.484 e. The van der Waals surface area contributed by atoms with Gasteiger partial charge >= 0.3 is 0 Å². The highest BCUT2D eigenvalue weighted by atomic mass is 19.1. The summed E-state index contributed by atoms with van der Waals surface area (Å²) in [6.07, 6.45) is 0.104. The van der Waals surface area contributed by atoms with Gasteiger partial charge < -0.3 is 24.6 Å². The zero-order valence-electron chi connectivity index (χ0n) is 33.4. The molecule has 3 saturated heterocycles. The second-order valence-corrected chi connectivity index (χ2v) is 15.7. The molecule has 1 unspecified atom stereocenters. The van der Waals surface area contributed by atoms with Crippen molar-refractivity contribution in [2.75, 3.05) is 91.2 Å². The van der Waals surface area contributed by atoms with E-state index in [4.69, 9.17) is 9.47 Å². The SMILES string of the molecule is Cc1cccc(F)c1CN1C[C@H](c2ccc(N3CCN(CCOCCNC(=O)COc4ccc5c(c4)C(=O)N(C4CCC(=O)NC4=O)C5=O)CC3)cc2)[C@@H](N(C)C)C1. The Bertz CT molecular complexity index is 2000. The normalized spacial score (nSPS) is 21.5. The van der Waals surface area contributed by atoms with Crippen molar-refractivity contribution in [1.82, 2.24) is 30.2 Å². The Balaban J connectivity index is 0.779. The van der Waals surface area contributed by atoms with E-state index in [1.165, 1.54) is 29.4 Å². The van der Waals surface area contributed by atoms with E-state index >= 15 is 0 Å². The lowest BCUT2D eigenvalue weighted by Gasteiger charge is -2.36. The third-order valence-electron chi connectivity index (χ3n) is 11.7. The number of carbonyl (C=O) groups is 5. The van der Waals surface area contributed by atoms with Gasteiger partial charge in [-0.05, 0) is 75.0 Å². The van der Waals surface area contributed by atoms with Gasteiger partial charge in [0.2, 0.25) is 11.8 Å². The fourth-order valence-corrected chi connectivity index (χ4v) is 8.40. The number of benzene rings is 3. The van der Waals surface area contributed by atoms with Crippen molar-refractivity contribution in [1.29, 1.82) is 0 Å². The second kappa shape index (κ2) is 18.1. The van der Waals surface area contributed by atoms with Crippen molar-refractivity contribution in [3.8, 4) is 5.75 Å². The number of hydrogen-bond acceptors (Lipinski definition) is 11. The Morgan fingerprint density at radius 3 is 2.40 bits per heavy atom. The van der Waals surface area contributed by atoms with E-state index in [1.54, 1.807) is 12.1 Å². The number of hydrogen-bond donors (Lipinski definition) is 2. The Morgan fingerprint density at radius 2 is 1.67 bits per heavy atom. The summed E-state index contributed by atoms with van der Waals surface area (Å²) in [6.45, 7) is 9.76. The lowest BCUT2D eigenvalue weighted by atomic mass is 9.93. The molecule has 2 N–H and O–H groups in total. The minimum atomic E-state index is -1.05. The molecule has 3 aromatic carbocycles. The number of fused-ring (bicyclic) bond motifs is 1. The molecule has 0 saturated carbocycles. The molecule has 4 heterocycles. The standard InChI is InChI=1S/C43H52FN7O7/c1-28-5-4-6-36(44)34(28)24-49-25-35(38(26-49)47(2)3)29-7-9-30(10-8-29)50-18-16-48(17-19-50)20-22-57-21-15-45-40(53)27-58-31-11-12-32-33(23-31)43(56)51(42(32)55)37-13-14-39(52)46-41(37)54/h4-12,23,35,37-38H,13-22,24-27H2,1-3H3,(H,45,53)(H,46,52,54)/t35-,37?,38+/m1/s1. The van der Waals surface area contributed by atoms with Crippen molar-refractivity contribution in [3.05, 3.63) is 94.3 Å². The lowest BCUT2D eigenvalue weighted by molar-refractivity contribution is -0.136. The minimum absolute atomic E-state index is 0.0362. The number of nitrogens with one attached hydrogen (secondary N) is 2. The predicted molar refractivity (Wildman–Crippen MR) is 214 cm³/mol. The third-order valence-corrected chi connectivity index (χ3v) is 11.7. The van der Waals surface area contributed by atoms with Crippen LogP contribution in [0, 0.1) is 12.7 Å². The number of amides is 5. The maximum absolute atomic E-state index is 14.6. The number of imide groups is 2. The predicted octanol–water partition coefficient (Wildman–Crippen LogP) is 2.40. The molecule has 0 aliphatic carbocycles. The maximum Gasteiger partial charge on any atom is 0.262 e. The van der Waals surface area contributed by atoms with Crippen molar-refractivity contribution in [2.45, 2.75) is 44.3 Å². The molecule has 4 aliphatic rings. The zero-order chi connectivity index (χ0) is 40.9. The van der Waals surface area contributed by atoms with Crippen LogP contribution in [0.4, 0.5) is 10.1 Å². The van der Waals surface area contributed by atoms with Crippen LogP contribution in [-0.4, -0.2) is 147 Å². The zero-order valence-corrected chi connectivity index (χ0v) is 33.4. The topological polar surface area (TPSA) is 144 Å². The van der Waals surface area contributed by atoms with Crippen molar-refractivity contribution >= 4 is 35.2 Å². The summed E-state index contributed by atoms with van der Waals surface area (Å²) in [5.74, 6) is -2.29. The molecule has 3 atom stereocenters. The van der Waals surface area contributed by atoms with Gasteiger partial charge in [-0.2, -0.15) is 0 Å². The van der Waals surface area contributed by atoms with Gasteiger partial charge in [-0.3, -0.25) is 44.0 Å². The molecule has 308 valence electrons. The van der Waals surface area contributed by atoms with Crippen LogP contribution < -0.4 is 20.3 Å². The van der Waals surface area contributed by atoms with Crippen LogP contribution in [0.1, 0.15) is 56.2 Å². The van der Waals surface area contributed by atoms with Gasteiger partial charge in [-0.15, -0.1) is 0 Å². The molecule has 7 rings (SSSR count). The van der Waals surface area contributed by atoms with Gasteiger partial charge in [0.25, 0.3) is 17.7 Å². The number of piperazine rings is 1. The first kappa shape index (κ1) is 41.0. The van der Waals surface area contributed by atoms with Crippen LogP contribution in [0.3, 0.4) is 0 Å². The average molecular weight is 798 g/mol. The second-order valence-electron chi connectivity index (χ2n) is 15.7. The molecule has 3 fully saturated rings. The summed E-state index contributed by atoms with van der Waals surface area (Å²) < 4.78 is 26.0. The summed E-state index contributed by atoms with van der Waals surface area (Å²) in [5.41, 5.74) is 4.53. The highest BCUT2D eigenvalue weighted by Gasteiger charge is 2.45. The van der Waals surface area contributed by atoms with Gasteiger partial charge in [0.05, 0.1) is 24.3 Å². The molecule has 4 aliphatic heterocycles. The van der Waals surface area contributed by atoms with E-state index in [2.05, 4.69) is 68.6 Å². The number of rotatable bonds is 15. The molecule has 58 heavy (non-hydrogen) atoms. The van der Waals surface area contributed by atoms with Crippen molar-refractivity contribution in [2.24, 2.45) is 0 Å². The van der Waals surface area contributed by atoms with Gasteiger partial charge in [-0.25, -0.2) is 4.39 Å². The molecule has 14 nitrogen and oxygen atoms in total. The number of carbonyl (C=O) groups excluding carboxylic acids is 5. The smallest absolute Gasteiger partial charge is 0.262 e. The number of nitrogens with zero attached hydrogens (tertiary/aromatic N) is 5. The fourth-order valence-electron chi connectivity index (χ4n) is 8.40. The Morgan fingerprint density at radius 1 is 0.914 bits per heavy atom. The lowest BCUT2D eigenvalue weighted by Crippen LogP contribution is -2.54. The number of halogens is 1. The van der Waals surface area contributed by atoms with Crippen LogP contribution in [0.2, 0.25) is 0 Å². The highest BCUT2D eigenvalue weighted by molar-refractivity contribution is 6.23. The molecular formula is C43H52FN7O7. The van der Waals surface area contributed by atoms with Crippen LogP contribution >= 0.6 is 0 Å². The highest BCUT2D eigenvalue weighted by Crippen LogP contribution is 2.34. The van der Waals surface area contributed by atoms with Gasteiger partial charge in [0, 0.05) is 88.5 Å². The summed E-state index contributed by atoms with van der Waals surface area (Å²) in [7, 11) is 4.26. The van der Waals surface area contributed by atoms with Crippen LogP contribution in [-0.2, 0) is 25.7 Å². The summed E-state index contributed by atoms with van der Waals surface area (Å²) in [6, 6.07) is 17.9. The van der Waals surface area contributed by atoms with E-state index < -0.39 is 29.7 Å². The maximum atomic E-state index is 14.6. The Kier molecular flexibility index (Phi) is 12.8. The van der Waals surface area contributed by atoms with E-state index in [1.807, 2.05) is 13.0 Å². The molecule has 3 aromatic rings. The van der Waals surface area contributed by atoms with Gasteiger partial charge in [0.1, 0.15) is 17.6 Å². The molecular weight excluding hydrogens is 746 g/mol. The Hall–Kier alpha value is -5.22. The summed E-state index contributed by atoms with van der Waals surface area (Å²) in [4.78, 5) is 72.5. The van der Waals surface area contributed by atoms with Crippen LogP contribution in [0.15, 0.2) is 60.7 Å². The molecule has 15 heteroatoms. The van der Waals surface area contributed by atoms with Crippen molar-refractivity contribution in [3.63, 3.8) is 0 Å². The van der Waals surface area contributed by atoms with Gasteiger partial charge in [-0.1, -0.05) is 24.3 Å². The van der Waals surface area contributed by atoms with E-state index in [9.17, 15) is 28.4 Å². The van der Waals surface area contributed by atoms with Gasteiger partial charge in [0.15, 0.2) is 6.61 Å². The molecule has 0 bridgehead atoms. The first-order valence-electron chi connectivity index (χ1n) is 20.0. The number of likely N-dealkylation sites (tertiary alicyclic amines) is 1. The average Bonchev–Trinajstić information content (AvgIpc) is 3.75. The molecule has 0 radical (unpaired) electrons. The fraction of sp³-hybridized carbons (Fsp3) is 0.465. The molecule has 5 amide bonds. The summed E-state index contributed by atoms with van der Waals surface area (Å²) in [5, 5.41) is 4.93. The number of ether oxygens (including phenoxy) is 2. The largest absolute Gasteiger partial charge is 0.484 e. The van der Waals surface area contributed by atoms with Crippen LogP contribution in [0.25, 0.3) is 0 Å². The van der Waals surface area contributed by atoms with Crippen molar-refractivity contribution < 1.29 is 37.8 Å². The van der Waals surface area contributed by atoms with E-state index in [0.29, 0.717) is 38.3 Å². The number of aryl methyl sites for hydroxylation is 1. The third kappa shape index (κ3) is 9.23. The van der Waals surface area contributed by atoms with E-state index in [-0.39, 0.29) is 48.0 Å². The van der Waals surface area contributed by atoms with E-state index in [0.717, 1.165) is 61.8 Å². The molecule has 0 spiro atoms. The monoisotopic (exact) mass is 797 g/mol. The van der Waals surface area contributed by atoms with Crippen LogP contribution in [0.5, 0.6) is 5.75 Å². The first-order valence-corrected chi connectivity index (χ1v) is 20.0.